The Kier molecular flexibility index (Phi) is 5.18. The summed E-state index contributed by atoms with van der Waals surface area (Å²) in [7, 11) is 0. The molecule has 1 atom stereocenters. The van der Waals surface area contributed by atoms with Crippen molar-refractivity contribution < 1.29 is 15.0 Å². The molecular weight excluding hydrogens is 348 g/mol. The van der Waals surface area contributed by atoms with Gasteiger partial charge >= 0.3 is 11.7 Å². The minimum atomic E-state index is -1.03. The van der Waals surface area contributed by atoms with E-state index in [9.17, 15) is 14.7 Å². The number of carbonyl (C=O) groups is 1. The third-order valence-electron chi connectivity index (χ3n) is 4.32. The Labute approximate surface area is 154 Å². The van der Waals surface area contributed by atoms with Gasteiger partial charge in [-0.2, -0.15) is 0 Å². The van der Waals surface area contributed by atoms with Gasteiger partial charge in [-0.3, -0.25) is 9.55 Å². The quantitative estimate of drug-likeness (QED) is 0.573. The van der Waals surface area contributed by atoms with E-state index in [0.29, 0.717) is 22.6 Å². The number of aromatic nitrogens is 4. The first-order valence-corrected chi connectivity index (χ1v) is 8.50. The van der Waals surface area contributed by atoms with Crippen LogP contribution in [0.15, 0.2) is 41.3 Å². The predicted molar refractivity (Wildman–Crippen MR) is 101 cm³/mol. The molecular formula is C19H20N4O4. The number of aliphatic carboxylic acids is 1. The van der Waals surface area contributed by atoms with Gasteiger partial charge in [-0.05, 0) is 23.6 Å². The Morgan fingerprint density at radius 2 is 2.15 bits per heavy atom. The summed E-state index contributed by atoms with van der Waals surface area (Å²) in [5, 5.41) is 18.5. The summed E-state index contributed by atoms with van der Waals surface area (Å²) >= 11 is 0. The lowest BCUT2D eigenvalue weighted by Gasteiger charge is -2.19. The molecule has 0 aliphatic carbocycles. The lowest BCUT2D eigenvalue weighted by atomic mass is 10.1. The van der Waals surface area contributed by atoms with Crippen molar-refractivity contribution in [1.29, 1.82) is 0 Å². The van der Waals surface area contributed by atoms with Gasteiger partial charge < -0.3 is 10.2 Å². The van der Waals surface area contributed by atoms with Crippen molar-refractivity contribution in [1.82, 2.24) is 19.5 Å². The summed E-state index contributed by atoms with van der Waals surface area (Å²) in [5.74, 6) is -0.997. The number of carboxylic acids is 1. The highest BCUT2D eigenvalue weighted by molar-refractivity contribution is 5.85. The van der Waals surface area contributed by atoms with Crippen molar-refractivity contribution in [2.45, 2.75) is 19.9 Å². The number of hydrogen-bond acceptors (Lipinski definition) is 5. The van der Waals surface area contributed by atoms with E-state index in [0.717, 1.165) is 11.6 Å². The summed E-state index contributed by atoms with van der Waals surface area (Å²) < 4.78 is 1.44. The van der Waals surface area contributed by atoms with Gasteiger partial charge in [0.1, 0.15) is 0 Å². The molecule has 2 aromatic heterocycles. The fourth-order valence-electron chi connectivity index (χ4n) is 2.90. The van der Waals surface area contributed by atoms with Crippen LogP contribution in [0.25, 0.3) is 28.6 Å². The zero-order valence-corrected chi connectivity index (χ0v) is 15.0. The smallest absolute Gasteiger partial charge is 0.329 e. The minimum Gasteiger partial charge on any atom is -0.478 e. The van der Waals surface area contributed by atoms with Gasteiger partial charge in [0, 0.05) is 11.6 Å². The second kappa shape index (κ2) is 7.55. The Bertz CT molecular complexity index is 1070. The molecule has 0 saturated heterocycles. The number of carboxylic acid groups (broad SMARTS) is 1. The molecule has 0 spiro atoms. The van der Waals surface area contributed by atoms with E-state index in [4.69, 9.17) is 5.11 Å². The third kappa shape index (κ3) is 3.80. The highest BCUT2D eigenvalue weighted by atomic mass is 16.4. The summed E-state index contributed by atoms with van der Waals surface area (Å²) in [5.41, 5.74) is 2.34. The molecule has 0 saturated carbocycles. The van der Waals surface area contributed by atoms with E-state index in [1.807, 2.05) is 19.9 Å². The molecule has 3 N–H and O–H groups in total. The SMILES string of the molecule is CC(C)[C@H](CO)n1c(=O)[nH]c2ncc(-c3cccc(/C=C/C(=O)O)c3)nc21. The van der Waals surface area contributed by atoms with E-state index >= 15 is 0 Å². The van der Waals surface area contributed by atoms with Crippen LogP contribution in [0.3, 0.4) is 0 Å². The molecule has 8 heteroatoms. The Morgan fingerprint density at radius 1 is 1.37 bits per heavy atom. The summed E-state index contributed by atoms with van der Waals surface area (Å²) in [6.07, 6.45) is 4.10. The fraction of sp³-hybridized carbons (Fsp3) is 0.263. The highest BCUT2D eigenvalue weighted by Crippen LogP contribution is 2.23. The monoisotopic (exact) mass is 368 g/mol. The average molecular weight is 368 g/mol. The minimum absolute atomic E-state index is 0.0293. The molecule has 2 heterocycles. The number of nitrogens with one attached hydrogen (secondary N) is 1. The molecule has 1 aromatic carbocycles. The van der Waals surface area contributed by atoms with Crippen LogP contribution in [0.2, 0.25) is 0 Å². The van der Waals surface area contributed by atoms with Crippen LogP contribution in [-0.4, -0.2) is 42.3 Å². The molecule has 140 valence electrons. The van der Waals surface area contributed by atoms with Crippen molar-refractivity contribution >= 4 is 23.3 Å². The van der Waals surface area contributed by atoms with E-state index in [1.54, 1.807) is 24.4 Å². The molecule has 0 fully saturated rings. The molecule has 0 aliphatic heterocycles. The van der Waals surface area contributed by atoms with Crippen LogP contribution >= 0.6 is 0 Å². The lowest BCUT2D eigenvalue weighted by molar-refractivity contribution is -0.131. The van der Waals surface area contributed by atoms with Crippen LogP contribution in [0.5, 0.6) is 0 Å². The number of H-pyrrole nitrogens is 1. The van der Waals surface area contributed by atoms with Gasteiger partial charge in [0.15, 0.2) is 11.3 Å². The number of nitrogens with zero attached hydrogens (tertiary/aromatic N) is 3. The predicted octanol–water partition coefficient (Wildman–Crippen LogP) is 2.07. The number of fused-ring (bicyclic) bond motifs is 1. The average Bonchev–Trinajstić information content (AvgIpc) is 2.96. The molecule has 0 aliphatic rings. The maximum absolute atomic E-state index is 12.3. The molecule has 0 unspecified atom stereocenters. The normalized spacial score (nSPS) is 12.9. The standard InChI is InChI=1S/C19H20N4O4/c1-11(2)15(10-24)23-18-17(22-19(23)27)20-9-14(21-18)13-5-3-4-12(8-13)6-7-16(25)26/h3-9,11,15,24H,10H2,1-2H3,(H,25,26)(H,20,22,27)/b7-6+/t15-/m0/s1. The van der Waals surface area contributed by atoms with Crippen LogP contribution in [0.4, 0.5) is 0 Å². The number of aliphatic hydroxyl groups is 1. The first kappa shape index (κ1) is 18.5. The molecule has 0 amide bonds. The molecule has 0 radical (unpaired) electrons. The maximum atomic E-state index is 12.3. The van der Waals surface area contributed by atoms with Gasteiger partial charge in [0.25, 0.3) is 0 Å². The van der Waals surface area contributed by atoms with E-state index in [1.165, 1.54) is 10.6 Å². The van der Waals surface area contributed by atoms with Gasteiger partial charge in [-0.25, -0.2) is 19.6 Å². The summed E-state index contributed by atoms with van der Waals surface area (Å²) in [6.45, 7) is 3.65. The van der Waals surface area contributed by atoms with E-state index < -0.39 is 12.0 Å². The van der Waals surface area contributed by atoms with E-state index in [2.05, 4.69) is 15.0 Å². The molecule has 27 heavy (non-hydrogen) atoms. The highest BCUT2D eigenvalue weighted by Gasteiger charge is 2.21. The van der Waals surface area contributed by atoms with Crippen molar-refractivity contribution in [3.8, 4) is 11.3 Å². The van der Waals surface area contributed by atoms with Crippen LogP contribution in [-0.2, 0) is 4.79 Å². The molecule has 3 aromatic rings. The number of aromatic amines is 1. The van der Waals surface area contributed by atoms with Crippen molar-refractivity contribution in [3.63, 3.8) is 0 Å². The van der Waals surface area contributed by atoms with Crippen LogP contribution < -0.4 is 5.69 Å². The summed E-state index contributed by atoms with van der Waals surface area (Å²) in [6, 6.07) is 6.77. The Hall–Kier alpha value is -3.26. The second-order valence-corrected chi connectivity index (χ2v) is 6.52. The zero-order valence-electron chi connectivity index (χ0n) is 15.0. The first-order valence-electron chi connectivity index (χ1n) is 8.50. The van der Waals surface area contributed by atoms with Crippen molar-refractivity contribution in [3.05, 3.63) is 52.6 Å². The van der Waals surface area contributed by atoms with Gasteiger partial charge in [0.05, 0.1) is 24.5 Å². The zero-order chi connectivity index (χ0) is 19.6. The fourth-order valence-corrected chi connectivity index (χ4v) is 2.90. The second-order valence-electron chi connectivity index (χ2n) is 6.52. The first-order chi connectivity index (χ1) is 12.9. The van der Waals surface area contributed by atoms with Crippen LogP contribution in [0, 0.1) is 5.92 Å². The number of imidazole rings is 1. The largest absolute Gasteiger partial charge is 0.478 e. The number of benzene rings is 1. The third-order valence-corrected chi connectivity index (χ3v) is 4.32. The Balaban J connectivity index is 2.11. The van der Waals surface area contributed by atoms with Crippen molar-refractivity contribution in [2.75, 3.05) is 6.61 Å². The Morgan fingerprint density at radius 3 is 2.81 bits per heavy atom. The lowest BCUT2D eigenvalue weighted by Crippen LogP contribution is -2.28. The molecule has 0 bridgehead atoms. The maximum Gasteiger partial charge on any atom is 0.329 e. The molecule has 3 rings (SSSR count). The topological polar surface area (TPSA) is 121 Å². The van der Waals surface area contributed by atoms with Crippen LogP contribution in [0.1, 0.15) is 25.5 Å². The van der Waals surface area contributed by atoms with Gasteiger partial charge in [-0.15, -0.1) is 0 Å². The summed E-state index contributed by atoms with van der Waals surface area (Å²) in [4.78, 5) is 34.6. The number of rotatable bonds is 6. The molecule has 8 nitrogen and oxygen atoms in total. The number of aliphatic hydroxyl groups excluding tert-OH is 1. The van der Waals surface area contributed by atoms with Crippen molar-refractivity contribution in [2.24, 2.45) is 5.92 Å². The number of hydrogen-bond donors (Lipinski definition) is 3. The van der Waals surface area contributed by atoms with Gasteiger partial charge in [-0.1, -0.05) is 32.0 Å². The van der Waals surface area contributed by atoms with Gasteiger partial charge in [0.2, 0.25) is 0 Å². The van der Waals surface area contributed by atoms with E-state index in [-0.39, 0.29) is 18.2 Å².